The zero-order valence-electron chi connectivity index (χ0n) is 13.6. The first-order chi connectivity index (χ1) is 11.6. The van der Waals surface area contributed by atoms with E-state index < -0.39 is 0 Å². The second kappa shape index (κ2) is 5.78. The Bertz CT molecular complexity index is 798. The van der Waals surface area contributed by atoms with E-state index in [2.05, 4.69) is 10.4 Å². The molecule has 6 heteroatoms. The molecule has 4 rings (SSSR count). The summed E-state index contributed by atoms with van der Waals surface area (Å²) in [5.41, 5.74) is 2.82. The van der Waals surface area contributed by atoms with Crippen LogP contribution in [0.5, 0.6) is 0 Å². The summed E-state index contributed by atoms with van der Waals surface area (Å²) in [6.07, 6.45) is 5.95. The molecule has 1 saturated heterocycles. The summed E-state index contributed by atoms with van der Waals surface area (Å²) < 4.78 is 1.76. The molecule has 1 aromatic heterocycles. The first-order valence-corrected chi connectivity index (χ1v) is 8.31. The van der Waals surface area contributed by atoms with Gasteiger partial charge in [0.15, 0.2) is 0 Å². The van der Waals surface area contributed by atoms with Gasteiger partial charge in [-0.3, -0.25) is 14.3 Å². The van der Waals surface area contributed by atoms with Gasteiger partial charge in [-0.1, -0.05) is 18.2 Å². The number of fused-ring (bicyclic) bond motifs is 1. The molecule has 2 amide bonds. The van der Waals surface area contributed by atoms with E-state index in [1.54, 1.807) is 4.68 Å². The zero-order chi connectivity index (χ0) is 16.7. The minimum atomic E-state index is -0.385. The summed E-state index contributed by atoms with van der Waals surface area (Å²) in [4.78, 5) is 27.0. The summed E-state index contributed by atoms with van der Waals surface area (Å²) >= 11 is 0. The van der Waals surface area contributed by atoms with Gasteiger partial charge in [-0.2, -0.15) is 5.10 Å². The highest BCUT2D eigenvalue weighted by Crippen LogP contribution is 2.37. The smallest absolute Gasteiger partial charge is 0.232 e. The van der Waals surface area contributed by atoms with Gasteiger partial charge in [0.05, 0.1) is 18.2 Å². The lowest BCUT2D eigenvalue weighted by molar-refractivity contribution is -0.134. The fraction of sp³-hybridized carbons (Fsp3) is 0.389. The molecule has 0 saturated carbocycles. The van der Waals surface area contributed by atoms with Crippen LogP contribution in [0.1, 0.15) is 42.3 Å². The average molecular weight is 324 g/mol. The number of carbonyl (C=O) groups excluding carboxylic acids is 2. The number of hydrogen-bond donors (Lipinski definition) is 1. The largest absolute Gasteiger partial charge is 0.336 e. The van der Waals surface area contributed by atoms with E-state index in [0.717, 1.165) is 36.2 Å². The Hall–Kier alpha value is -2.63. The van der Waals surface area contributed by atoms with Gasteiger partial charge in [-0.05, 0) is 24.5 Å². The summed E-state index contributed by atoms with van der Waals surface area (Å²) in [5.74, 6) is -0.427. The molecule has 24 heavy (non-hydrogen) atoms. The third kappa shape index (κ3) is 2.48. The number of nitrogens with zero attached hydrogens (tertiary/aromatic N) is 3. The van der Waals surface area contributed by atoms with Crippen LogP contribution in [0.25, 0.3) is 0 Å². The van der Waals surface area contributed by atoms with Gasteiger partial charge in [0.25, 0.3) is 0 Å². The van der Waals surface area contributed by atoms with Crippen molar-refractivity contribution >= 4 is 17.5 Å². The number of likely N-dealkylation sites (tertiary alicyclic amines) is 1. The van der Waals surface area contributed by atoms with Crippen LogP contribution in [0, 0.1) is 0 Å². The summed E-state index contributed by atoms with van der Waals surface area (Å²) in [6.45, 7) is 0.744. The molecule has 124 valence electrons. The predicted molar refractivity (Wildman–Crippen MR) is 89.3 cm³/mol. The predicted octanol–water partition coefficient (Wildman–Crippen LogP) is 2.21. The van der Waals surface area contributed by atoms with Gasteiger partial charge in [0, 0.05) is 37.5 Å². The van der Waals surface area contributed by atoms with E-state index in [1.807, 2.05) is 48.6 Å². The Morgan fingerprint density at radius 2 is 2.21 bits per heavy atom. The maximum absolute atomic E-state index is 12.9. The highest BCUT2D eigenvalue weighted by molar-refractivity contribution is 6.04. The average Bonchev–Trinajstić information content (AvgIpc) is 3.27. The Morgan fingerprint density at radius 3 is 3.00 bits per heavy atom. The lowest BCUT2D eigenvalue weighted by Gasteiger charge is -2.25. The lowest BCUT2D eigenvalue weighted by Crippen LogP contribution is -2.32. The van der Waals surface area contributed by atoms with Crippen LogP contribution in [-0.2, 0) is 16.6 Å². The highest BCUT2D eigenvalue weighted by atomic mass is 16.2. The Balaban J connectivity index is 1.53. The number of anilines is 1. The summed E-state index contributed by atoms with van der Waals surface area (Å²) in [5, 5.41) is 7.08. The first-order valence-electron chi connectivity index (χ1n) is 8.31. The molecule has 0 aliphatic carbocycles. The molecule has 2 aliphatic heterocycles. The summed E-state index contributed by atoms with van der Waals surface area (Å²) in [6, 6.07) is 7.68. The molecular formula is C18H20N4O2. The number of benzene rings is 1. The minimum Gasteiger partial charge on any atom is -0.336 e. The SMILES string of the molecule is Cn1cc(C2CCCN2C(=O)CC2C(=O)Nc3ccccc32)cn1. The van der Waals surface area contributed by atoms with Crippen molar-refractivity contribution in [3.63, 3.8) is 0 Å². The van der Waals surface area contributed by atoms with E-state index >= 15 is 0 Å². The number of rotatable bonds is 3. The molecule has 6 nitrogen and oxygen atoms in total. The highest BCUT2D eigenvalue weighted by Gasteiger charge is 2.36. The number of hydrogen-bond acceptors (Lipinski definition) is 3. The van der Waals surface area contributed by atoms with E-state index in [0.29, 0.717) is 0 Å². The maximum atomic E-state index is 12.9. The Labute approximate surface area is 140 Å². The second-order valence-corrected chi connectivity index (χ2v) is 6.53. The molecule has 1 N–H and O–H groups in total. The molecule has 2 aliphatic rings. The molecule has 2 atom stereocenters. The van der Waals surface area contributed by atoms with Gasteiger partial charge >= 0.3 is 0 Å². The first kappa shape index (κ1) is 14.9. The zero-order valence-corrected chi connectivity index (χ0v) is 13.6. The van der Waals surface area contributed by atoms with Crippen molar-refractivity contribution in [2.75, 3.05) is 11.9 Å². The minimum absolute atomic E-state index is 0.0400. The van der Waals surface area contributed by atoms with Crippen LogP contribution in [0.15, 0.2) is 36.7 Å². The number of nitrogens with one attached hydrogen (secondary N) is 1. The monoisotopic (exact) mass is 324 g/mol. The molecule has 0 bridgehead atoms. The van der Waals surface area contributed by atoms with Crippen LogP contribution >= 0.6 is 0 Å². The van der Waals surface area contributed by atoms with Crippen molar-refractivity contribution in [1.82, 2.24) is 14.7 Å². The van der Waals surface area contributed by atoms with Gasteiger partial charge in [-0.15, -0.1) is 0 Å². The fourth-order valence-electron chi connectivity index (χ4n) is 3.79. The maximum Gasteiger partial charge on any atom is 0.232 e. The van der Waals surface area contributed by atoms with Gasteiger partial charge in [0.1, 0.15) is 0 Å². The van der Waals surface area contributed by atoms with Crippen molar-refractivity contribution in [3.8, 4) is 0 Å². The van der Waals surface area contributed by atoms with E-state index in [-0.39, 0.29) is 30.2 Å². The molecule has 1 fully saturated rings. The fourth-order valence-corrected chi connectivity index (χ4v) is 3.79. The molecule has 1 aromatic carbocycles. The quantitative estimate of drug-likeness (QED) is 0.941. The topological polar surface area (TPSA) is 67.2 Å². The van der Waals surface area contributed by atoms with Crippen molar-refractivity contribution < 1.29 is 9.59 Å². The van der Waals surface area contributed by atoms with Crippen LogP contribution < -0.4 is 5.32 Å². The van der Waals surface area contributed by atoms with Gasteiger partial charge in [-0.25, -0.2) is 0 Å². The molecule has 0 spiro atoms. The van der Waals surface area contributed by atoms with Crippen molar-refractivity contribution in [2.24, 2.45) is 7.05 Å². The third-order valence-corrected chi connectivity index (χ3v) is 4.97. The van der Waals surface area contributed by atoms with Crippen LogP contribution in [0.3, 0.4) is 0 Å². The number of carbonyl (C=O) groups is 2. The normalized spacial score (nSPS) is 22.5. The Morgan fingerprint density at radius 1 is 1.38 bits per heavy atom. The van der Waals surface area contributed by atoms with Gasteiger partial charge < -0.3 is 10.2 Å². The number of aromatic nitrogens is 2. The third-order valence-electron chi connectivity index (χ3n) is 4.97. The standard InChI is InChI=1S/C18H20N4O2/c1-21-11-12(10-19-21)16-7-4-8-22(16)17(23)9-14-13-5-2-3-6-15(13)20-18(14)24/h2-3,5-6,10-11,14,16H,4,7-9H2,1H3,(H,20,24). The lowest BCUT2D eigenvalue weighted by atomic mass is 9.96. The number of para-hydroxylation sites is 1. The molecule has 3 heterocycles. The van der Waals surface area contributed by atoms with Crippen LogP contribution in [0.4, 0.5) is 5.69 Å². The van der Waals surface area contributed by atoms with E-state index in [9.17, 15) is 9.59 Å². The van der Waals surface area contributed by atoms with E-state index in [4.69, 9.17) is 0 Å². The summed E-state index contributed by atoms with van der Waals surface area (Å²) in [7, 11) is 1.88. The number of amides is 2. The van der Waals surface area contributed by atoms with Crippen LogP contribution in [0.2, 0.25) is 0 Å². The molecular weight excluding hydrogens is 304 g/mol. The second-order valence-electron chi connectivity index (χ2n) is 6.53. The van der Waals surface area contributed by atoms with Gasteiger partial charge in [0.2, 0.25) is 11.8 Å². The van der Waals surface area contributed by atoms with Crippen molar-refractivity contribution in [3.05, 3.63) is 47.8 Å². The van der Waals surface area contributed by atoms with Crippen LogP contribution in [-0.4, -0.2) is 33.0 Å². The molecule has 2 aromatic rings. The van der Waals surface area contributed by atoms with Crippen molar-refractivity contribution in [2.45, 2.75) is 31.2 Å². The Kier molecular flexibility index (Phi) is 3.59. The molecule has 0 radical (unpaired) electrons. The van der Waals surface area contributed by atoms with Crippen molar-refractivity contribution in [1.29, 1.82) is 0 Å². The van der Waals surface area contributed by atoms with E-state index in [1.165, 1.54) is 0 Å². The molecule has 2 unspecified atom stereocenters. The number of aryl methyl sites for hydroxylation is 1.